The fourth-order valence-corrected chi connectivity index (χ4v) is 10.3. The minimum absolute atomic E-state index is 0.130. The van der Waals surface area contributed by atoms with Gasteiger partial charge in [-0.25, -0.2) is 9.97 Å². The van der Waals surface area contributed by atoms with Crippen LogP contribution in [0.3, 0.4) is 0 Å². The van der Waals surface area contributed by atoms with Crippen molar-refractivity contribution < 1.29 is 0 Å². The monoisotopic (exact) mass is 868 g/mol. The summed E-state index contributed by atoms with van der Waals surface area (Å²) < 4.78 is 4.76. The Morgan fingerprint density at radius 2 is 0.824 bits per heavy atom. The summed E-state index contributed by atoms with van der Waals surface area (Å²) in [6, 6.07) is 82.8. The van der Waals surface area contributed by atoms with Crippen LogP contribution in [-0.4, -0.2) is 19.1 Å². The first kappa shape index (κ1) is 39.5. The molecule has 0 amide bonds. The zero-order chi connectivity index (χ0) is 45.0. The molecule has 0 fully saturated rings. The quantitative estimate of drug-likeness (QED) is 0.153. The molecule has 4 heteroatoms. The number of allylic oxidation sites excluding steroid dienone is 4. The molecule has 0 saturated heterocycles. The molecule has 320 valence electrons. The highest BCUT2D eigenvalue weighted by Gasteiger charge is 2.20. The summed E-state index contributed by atoms with van der Waals surface area (Å²) in [6.45, 7) is 0. The largest absolute Gasteiger partial charge is 0.309 e. The lowest BCUT2D eigenvalue weighted by atomic mass is 9.90. The first-order valence-electron chi connectivity index (χ1n) is 23.4. The lowest BCUT2D eigenvalue weighted by Crippen LogP contribution is -2.05. The number of rotatable bonds is 8. The SMILES string of the molecule is C1=CC(c2cc(-c3ccc(-c4ccccc4)cc3)nc(-c3ccc(-n4c5ccccc5c5cc(-c6ccc7c(c6)c6ccccc6n7-c6ccccc6)ccc54)cc3)n2)CC=C1c1ccccc1. The Hall–Kier alpha value is -8.86. The minimum Gasteiger partial charge on any atom is -0.309 e. The van der Waals surface area contributed by atoms with Gasteiger partial charge in [-0.3, -0.25) is 0 Å². The summed E-state index contributed by atoms with van der Waals surface area (Å²) in [5, 5.41) is 4.94. The van der Waals surface area contributed by atoms with Crippen molar-refractivity contribution in [3.05, 3.63) is 260 Å². The zero-order valence-electron chi connectivity index (χ0n) is 37.2. The Kier molecular flexibility index (Phi) is 9.61. The van der Waals surface area contributed by atoms with E-state index in [9.17, 15) is 0 Å². The third kappa shape index (κ3) is 6.94. The molecule has 0 aliphatic heterocycles. The second-order valence-electron chi connectivity index (χ2n) is 17.7. The van der Waals surface area contributed by atoms with E-state index >= 15 is 0 Å². The van der Waals surface area contributed by atoms with E-state index in [-0.39, 0.29) is 5.92 Å². The number of nitrogens with zero attached hydrogens (tertiary/aromatic N) is 4. The lowest BCUT2D eigenvalue weighted by Gasteiger charge is -2.18. The summed E-state index contributed by atoms with van der Waals surface area (Å²) in [5.41, 5.74) is 18.2. The molecule has 3 heterocycles. The molecular weight excluding hydrogens is 825 g/mol. The molecule has 4 nitrogen and oxygen atoms in total. The van der Waals surface area contributed by atoms with Gasteiger partial charge in [0.15, 0.2) is 5.82 Å². The summed E-state index contributed by atoms with van der Waals surface area (Å²) in [6.07, 6.45) is 7.75. The maximum Gasteiger partial charge on any atom is 0.160 e. The maximum absolute atomic E-state index is 5.30. The van der Waals surface area contributed by atoms with Crippen molar-refractivity contribution in [2.75, 3.05) is 0 Å². The molecule has 1 aliphatic carbocycles. The van der Waals surface area contributed by atoms with Crippen LogP contribution in [0, 0.1) is 0 Å². The van der Waals surface area contributed by atoms with E-state index < -0.39 is 0 Å². The van der Waals surface area contributed by atoms with Crippen molar-refractivity contribution in [2.45, 2.75) is 12.3 Å². The molecule has 0 saturated carbocycles. The number of benzene rings is 9. The predicted molar refractivity (Wildman–Crippen MR) is 283 cm³/mol. The zero-order valence-corrected chi connectivity index (χ0v) is 37.2. The van der Waals surface area contributed by atoms with Gasteiger partial charge < -0.3 is 9.13 Å². The smallest absolute Gasteiger partial charge is 0.160 e. The van der Waals surface area contributed by atoms with Gasteiger partial charge in [0.2, 0.25) is 0 Å². The second-order valence-corrected chi connectivity index (χ2v) is 17.7. The van der Waals surface area contributed by atoms with Gasteiger partial charge in [0, 0.05) is 50.0 Å². The van der Waals surface area contributed by atoms with Crippen LogP contribution in [0.4, 0.5) is 0 Å². The third-order valence-electron chi connectivity index (χ3n) is 13.7. The highest BCUT2D eigenvalue weighted by atomic mass is 15.0. The van der Waals surface area contributed by atoms with Gasteiger partial charge in [-0.05, 0) is 119 Å². The molecule has 0 N–H and O–H groups in total. The normalized spacial score (nSPS) is 13.7. The van der Waals surface area contributed by atoms with E-state index in [0.29, 0.717) is 0 Å². The average molecular weight is 869 g/mol. The Balaban J connectivity index is 0.869. The van der Waals surface area contributed by atoms with Crippen LogP contribution in [0.15, 0.2) is 249 Å². The van der Waals surface area contributed by atoms with Crippen molar-refractivity contribution in [1.29, 1.82) is 0 Å². The molecule has 1 atom stereocenters. The summed E-state index contributed by atoms with van der Waals surface area (Å²) in [5.74, 6) is 0.850. The maximum atomic E-state index is 5.30. The molecular formula is C64H44N4. The summed E-state index contributed by atoms with van der Waals surface area (Å²) in [4.78, 5) is 10.6. The molecule has 68 heavy (non-hydrogen) atoms. The van der Waals surface area contributed by atoms with E-state index in [1.165, 1.54) is 71.5 Å². The third-order valence-corrected chi connectivity index (χ3v) is 13.7. The molecule has 9 aromatic carbocycles. The highest BCUT2D eigenvalue weighted by Crippen LogP contribution is 2.39. The van der Waals surface area contributed by atoms with Crippen LogP contribution in [0.2, 0.25) is 0 Å². The average Bonchev–Trinajstić information content (AvgIpc) is 3.94. The number of aromatic nitrogens is 4. The van der Waals surface area contributed by atoms with Crippen LogP contribution in [0.5, 0.6) is 0 Å². The molecule has 13 rings (SSSR count). The lowest BCUT2D eigenvalue weighted by molar-refractivity contribution is 0.813. The van der Waals surface area contributed by atoms with E-state index in [4.69, 9.17) is 9.97 Å². The molecule has 0 spiro atoms. The van der Waals surface area contributed by atoms with Crippen molar-refractivity contribution >= 4 is 49.2 Å². The molecule has 0 radical (unpaired) electrons. The Morgan fingerprint density at radius 3 is 1.41 bits per heavy atom. The van der Waals surface area contributed by atoms with Gasteiger partial charge >= 0.3 is 0 Å². The van der Waals surface area contributed by atoms with E-state index in [1.807, 2.05) is 0 Å². The molecule has 0 bridgehead atoms. The van der Waals surface area contributed by atoms with Crippen molar-refractivity contribution in [2.24, 2.45) is 0 Å². The van der Waals surface area contributed by atoms with Crippen molar-refractivity contribution in [3.8, 4) is 56.3 Å². The fourth-order valence-electron chi connectivity index (χ4n) is 10.3. The van der Waals surface area contributed by atoms with Gasteiger partial charge in [0.1, 0.15) is 0 Å². The summed E-state index contributed by atoms with van der Waals surface area (Å²) in [7, 11) is 0. The topological polar surface area (TPSA) is 35.6 Å². The highest BCUT2D eigenvalue weighted by molar-refractivity contribution is 6.12. The van der Waals surface area contributed by atoms with Crippen molar-refractivity contribution in [1.82, 2.24) is 19.1 Å². The Morgan fingerprint density at radius 1 is 0.353 bits per heavy atom. The molecule has 3 aromatic heterocycles. The molecule has 12 aromatic rings. The first-order chi connectivity index (χ1) is 33.7. The predicted octanol–water partition coefficient (Wildman–Crippen LogP) is 16.5. The van der Waals surface area contributed by atoms with Crippen LogP contribution >= 0.6 is 0 Å². The number of hydrogen-bond acceptors (Lipinski definition) is 2. The molecule has 1 unspecified atom stereocenters. The van der Waals surface area contributed by atoms with E-state index in [2.05, 4.69) is 258 Å². The molecule has 1 aliphatic rings. The van der Waals surface area contributed by atoms with Crippen LogP contribution in [0.25, 0.3) is 105 Å². The first-order valence-corrected chi connectivity index (χ1v) is 23.4. The van der Waals surface area contributed by atoms with Gasteiger partial charge in [0.05, 0.1) is 33.5 Å². The van der Waals surface area contributed by atoms with Gasteiger partial charge in [-0.15, -0.1) is 0 Å². The number of fused-ring (bicyclic) bond motifs is 6. The van der Waals surface area contributed by atoms with Crippen LogP contribution in [-0.2, 0) is 0 Å². The van der Waals surface area contributed by atoms with E-state index in [0.717, 1.165) is 51.7 Å². The summed E-state index contributed by atoms with van der Waals surface area (Å²) >= 11 is 0. The van der Waals surface area contributed by atoms with Crippen LogP contribution < -0.4 is 0 Å². The number of para-hydroxylation sites is 3. The van der Waals surface area contributed by atoms with E-state index in [1.54, 1.807) is 0 Å². The minimum atomic E-state index is 0.130. The fraction of sp³-hybridized carbons (Fsp3) is 0.0312. The van der Waals surface area contributed by atoms with Gasteiger partial charge in [-0.2, -0.15) is 0 Å². The standard InChI is InChI=1S/C64H44N4/c1-4-14-43(15-5-1)45-24-28-47(29-25-45)58-42-59(48-30-26-46(27-31-48)44-16-6-2-7-17-44)66-64(65-58)49-32-36-53(37-33-49)68-61-23-13-11-21-55(61)57-41-51(35-39-63(57)68)50-34-38-62-56(40-50)54-20-10-12-22-60(54)67(62)52-18-8-3-9-19-52/h1-30,32-42,48H,31H2. The second kappa shape index (κ2) is 16.5. The van der Waals surface area contributed by atoms with Gasteiger partial charge in [0.25, 0.3) is 0 Å². The van der Waals surface area contributed by atoms with Gasteiger partial charge in [-0.1, -0.05) is 170 Å². The Labute approximate surface area is 395 Å². The van der Waals surface area contributed by atoms with Crippen LogP contribution in [0.1, 0.15) is 23.6 Å². The number of hydrogen-bond donors (Lipinski definition) is 0. The Bertz CT molecular complexity index is 3900. The van der Waals surface area contributed by atoms with Crippen molar-refractivity contribution in [3.63, 3.8) is 0 Å².